The van der Waals surface area contributed by atoms with Gasteiger partial charge >= 0.3 is 5.97 Å². The van der Waals surface area contributed by atoms with Crippen molar-refractivity contribution in [3.8, 4) is 0 Å². The van der Waals surface area contributed by atoms with Gasteiger partial charge in [-0.1, -0.05) is 37.3 Å². The highest BCUT2D eigenvalue weighted by atomic mass is 16.5. The van der Waals surface area contributed by atoms with Gasteiger partial charge in [0.2, 0.25) is 0 Å². The molecular weight excluding hydrogens is 360 g/mol. The second kappa shape index (κ2) is 9.21. The Bertz CT molecular complexity index is 795. The van der Waals surface area contributed by atoms with Crippen LogP contribution in [0.1, 0.15) is 35.4 Å². The summed E-state index contributed by atoms with van der Waals surface area (Å²) in [4.78, 5) is 39.8. The Morgan fingerprint density at radius 1 is 1.00 bits per heavy atom. The van der Waals surface area contributed by atoms with E-state index in [9.17, 15) is 14.4 Å². The molecule has 2 amide bonds. The topological polar surface area (TPSA) is 80.1 Å². The summed E-state index contributed by atoms with van der Waals surface area (Å²) in [7, 11) is 0. The largest absolute Gasteiger partial charge is 0.459 e. The van der Waals surface area contributed by atoms with E-state index in [1.54, 1.807) is 21.9 Å². The van der Waals surface area contributed by atoms with Gasteiger partial charge in [0.05, 0.1) is 12.7 Å². The van der Waals surface area contributed by atoms with Crippen LogP contribution in [0.4, 0.5) is 0 Å². The van der Waals surface area contributed by atoms with E-state index in [0.717, 1.165) is 5.56 Å². The number of piperazine rings is 1. The Labute approximate surface area is 163 Å². The van der Waals surface area contributed by atoms with Gasteiger partial charge in [0.15, 0.2) is 12.4 Å². The maximum atomic E-state index is 12.3. The fourth-order valence-electron chi connectivity index (χ4n) is 3.16. The van der Waals surface area contributed by atoms with Gasteiger partial charge in [-0.2, -0.15) is 0 Å². The number of benzene rings is 1. The highest BCUT2D eigenvalue weighted by molar-refractivity contribution is 5.91. The lowest BCUT2D eigenvalue weighted by molar-refractivity contribution is -0.152. The molecule has 1 atom stereocenters. The van der Waals surface area contributed by atoms with Crippen molar-refractivity contribution < 1.29 is 23.5 Å². The van der Waals surface area contributed by atoms with Crippen molar-refractivity contribution in [2.24, 2.45) is 0 Å². The first-order valence-electron chi connectivity index (χ1n) is 9.35. The van der Waals surface area contributed by atoms with E-state index in [2.05, 4.69) is 0 Å². The van der Waals surface area contributed by atoms with Crippen molar-refractivity contribution >= 4 is 17.8 Å². The van der Waals surface area contributed by atoms with Crippen LogP contribution in [-0.4, -0.2) is 60.4 Å². The van der Waals surface area contributed by atoms with E-state index < -0.39 is 5.97 Å². The van der Waals surface area contributed by atoms with Crippen LogP contribution in [0.5, 0.6) is 0 Å². The highest BCUT2D eigenvalue weighted by Gasteiger charge is 2.26. The molecule has 28 heavy (non-hydrogen) atoms. The van der Waals surface area contributed by atoms with Crippen LogP contribution in [-0.2, 0) is 14.3 Å². The molecule has 0 spiro atoms. The molecule has 1 saturated heterocycles. The smallest absolute Gasteiger partial charge is 0.306 e. The molecule has 3 rings (SSSR count). The summed E-state index contributed by atoms with van der Waals surface area (Å²) in [6, 6.07) is 13.0. The number of carbonyl (C=O) groups is 3. The number of furan rings is 1. The van der Waals surface area contributed by atoms with E-state index in [1.807, 2.05) is 37.3 Å². The SMILES string of the molecule is CC(CC(=O)OCC(=O)N1CCN(C(=O)c2ccco2)CC1)c1ccccc1. The van der Waals surface area contributed by atoms with Gasteiger partial charge in [-0.05, 0) is 23.6 Å². The van der Waals surface area contributed by atoms with Crippen molar-refractivity contribution in [2.75, 3.05) is 32.8 Å². The molecule has 0 radical (unpaired) electrons. The lowest BCUT2D eigenvalue weighted by Gasteiger charge is -2.34. The number of hydrogen-bond acceptors (Lipinski definition) is 5. The zero-order chi connectivity index (χ0) is 19.9. The summed E-state index contributed by atoms with van der Waals surface area (Å²) in [6.07, 6.45) is 1.68. The van der Waals surface area contributed by atoms with Gasteiger partial charge in [-0.15, -0.1) is 0 Å². The van der Waals surface area contributed by atoms with Crippen LogP contribution in [0.2, 0.25) is 0 Å². The van der Waals surface area contributed by atoms with Crippen molar-refractivity contribution in [1.29, 1.82) is 0 Å². The molecule has 1 aliphatic rings. The summed E-state index contributed by atoms with van der Waals surface area (Å²) in [5.41, 5.74) is 1.06. The minimum absolute atomic E-state index is 0.0277. The number of carbonyl (C=O) groups excluding carboxylic acids is 3. The first-order chi connectivity index (χ1) is 13.5. The van der Waals surface area contributed by atoms with Crippen molar-refractivity contribution in [3.63, 3.8) is 0 Å². The van der Waals surface area contributed by atoms with Crippen molar-refractivity contribution in [3.05, 3.63) is 60.1 Å². The predicted molar refractivity (Wildman–Crippen MR) is 102 cm³/mol. The monoisotopic (exact) mass is 384 g/mol. The summed E-state index contributed by atoms with van der Waals surface area (Å²) in [5.74, 6) is -0.498. The first-order valence-corrected chi connectivity index (χ1v) is 9.35. The molecule has 1 aliphatic heterocycles. The molecule has 2 heterocycles. The lowest BCUT2D eigenvalue weighted by atomic mass is 9.98. The van der Waals surface area contributed by atoms with E-state index in [0.29, 0.717) is 31.9 Å². The second-order valence-electron chi connectivity index (χ2n) is 6.83. The normalized spacial score (nSPS) is 15.2. The standard InChI is InChI=1S/C21H24N2O5/c1-16(17-6-3-2-4-7-17)14-20(25)28-15-19(24)22-9-11-23(12-10-22)21(26)18-8-5-13-27-18/h2-8,13,16H,9-12,14-15H2,1H3. The third kappa shape index (κ3) is 5.00. The van der Waals surface area contributed by atoms with Gasteiger partial charge in [0.25, 0.3) is 11.8 Å². The molecule has 2 aromatic rings. The molecule has 1 unspecified atom stereocenters. The molecule has 0 aliphatic carbocycles. The van der Waals surface area contributed by atoms with E-state index in [-0.39, 0.29) is 30.8 Å². The quantitative estimate of drug-likeness (QED) is 0.714. The van der Waals surface area contributed by atoms with Crippen LogP contribution < -0.4 is 0 Å². The highest BCUT2D eigenvalue weighted by Crippen LogP contribution is 2.19. The van der Waals surface area contributed by atoms with Gasteiger partial charge in [0, 0.05) is 26.2 Å². The minimum atomic E-state index is -0.392. The molecule has 148 valence electrons. The maximum absolute atomic E-state index is 12.3. The number of rotatable bonds is 6. The summed E-state index contributed by atoms with van der Waals surface area (Å²) < 4.78 is 10.3. The average molecular weight is 384 g/mol. The van der Waals surface area contributed by atoms with Crippen LogP contribution in [0.15, 0.2) is 53.1 Å². The Kier molecular flexibility index (Phi) is 6.47. The Hall–Kier alpha value is -3.09. The number of amides is 2. The number of esters is 1. The second-order valence-corrected chi connectivity index (χ2v) is 6.83. The Morgan fingerprint density at radius 2 is 1.68 bits per heavy atom. The molecular formula is C21H24N2O5. The molecule has 7 heteroatoms. The number of nitrogens with zero attached hydrogens (tertiary/aromatic N) is 2. The molecule has 7 nitrogen and oxygen atoms in total. The number of hydrogen-bond donors (Lipinski definition) is 0. The molecule has 1 fully saturated rings. The van der Waals surface area contributed by atoms with Gasteiger partial charge in [-0.3, -0.25) is 14.4 Å². The van der Waals surface area contributed by atoms with Gasteiger partial charge < -0.3 is 19.0 Å². The van der Waals surface area contributed by atoms with Crippen molar-refractivity contribution in [2.45, 2.75) is 19.3 Å². The third-order valence-electron chi connectivity index (χ3n) is 4.85. The first kappa shape index (κ1) is 19.7. The third-order valence-corrected chi connectivity index (χ3v) is 4.85. The fourth-order valence-corrected chi connectivity index (χ4v) is 3.16. The van der Waals surface area contributed by atoms with Crippen LogP contribution in [0.25, 0.3) is 0 Å². The average Bonchev–Trinajstić information content (AvgIpc) is 3.27. The van der Waals surface area contributed by atoms with Crippen LogP contribution in [0, 0.1) is 0 Å². The zero-order valence-electron chi connectivity index (χ0n) is 15.9. The summed E-state index contributed by atoms with van der Waals surface area (Å²) >= 11 is 0. The van der Waals surface area contributed by atoms with Crippen molar-refractivity contribution in [1.82, 2.24) is 9.80 Å². The fraction of sp³-hybridized carbons (Fsp3) is 0.381. The molecule has 1 aromatic carbocycles. The molecule has 0 N–H and O–H groups in total. The van der Waals surface area contributed by atoms with Crippen LogP contribution in [0.3, 0.4) is 0 Å². The number of ether oxygens (including phenoxy) is 1. The van der Waals surface area contributed by atoms with Gasteiger partial charge in [-0.25, -0.2) is 0 Å². The maximum Gasteiger partial charge on any atom is 0.306 e. The summed E-state index contributed by atoms with van der Waals surface area (Å²) in [6.45, 7) is 3.33. The minimum Gasteiger partial charge on any atom is -0.459 e. The van der Waals surface area contributed by atoms with Gasteiger partial charge in [0.1, 0.15) is 0 Å². The Balaban J connectivity index is 1.39. The Morgan fingerprint density at radius 3 is 2.32 bits per heavy atom. The predicted octanol–water partition coefficient (Wildman–Crippen LogP) is 2.30. The van der Waals surface area contributed by atoms with Crippen LogP contribution >= 0.6 is 0 Å². The van der Waals surface area contributed by atoms with E-state index in [4.69, 9.17) is 9.15 Å². The molecule has 0 saturated carbocycles. The van der Waals surface area contributed by atoms with E-state index >= 15 is 0 Å². The zero-order valence-corrected chi connectivity index (χ0v) is 15.9. The summed E-state index contributed by atoms with van der Waals surface area (Å²) in [5, 5.41) is 0. The molecule has 0 bridgehead atoms. The molecule has 1 aromatic heterocycles. The van der Waals surface area contributed by atoms with E-state index in [1.165, 1.54) is 6.26 Å². The lowest BCUT2D eigenvalue weighted by Crippen LogP contribution is -2.51.